The van der Waals surface area contributed by atoms with Crippen LogP contribution in [-0.4, -0.2) is 127 Å². The number of ether oxygens (including phenoxy) is 3. The fourth-order valence-corrected chi connectivity index (χ4v) is 7.38. The Bertz CT molecular complexity index is 1430. The summed E-state index contributed by atoms with van der Waals surface area (Å²) in [4.78, 5) is 48.5. The summed E-state index contributed by atoms with van der Waals surface area (Å²) in [5, 5.41) is 13.4. The quantitative estimate of drug-likeness (QED) is 0.466. The Labute approximate surface area is 276 Å². The summed E-state index contributed by atoms with van der Waals surface area (Å²) in [6.07, 6.45) is 2.36. The van der Waals surface area contributed by atoms with E-state index in [0.29, 0.717) is 62.9 Å². The Morgan fingerprint density at radius 2 is 1.64 bits per heavy atom. The molecule has 254 valence electrons. The molecular weight excluding hydrogens is 602 g/mol. The number of phenolic OH excluding ortho intramolecular Hbond substituents is 1. The number of benzene rings is 2. The molecule has 4 heterocycles. The number of carbonyl (C=O) groups excluding carboxylic acids is 3. The van der Waals surface area contributed by atoms with Crippen molar-refractivity contribution >= 4 is 23.7 Å². The van der Waals surface area contributed by atoms with Crippen LogP contribution in [0, 0.1) is 6.92 Å². The smallest absolute Gasteiger partial charge is 0.410 e. The normalized spacial score (nSPS) is 20.6. The van der Waals surface area contributed by atoms with Gasteiger partial charge in [-0.25, -0.2) is 9.59 Å². The van der Waals surface area contributed by atoms with Gasteiger partial charge in [0.1, 0.15) is 0 Å². The number of methoxy groups -OCH3 is 1. The van der Waals surface area contributed by atoms with Crippen LogP contribution in [0.4, 0.5) is 15.3 Å². The molecule has 0 spiro atoms. The lowest BCUT2D eigenvalue weighted by Gasteiger charge is -2.41. The van der Waals surface area contributed by atoms with Crippen molar-refractivity contribution in [3.63, 3.8) is 0 Å². The van der Waals surface area contributed by atoms with E-state index >= 15 is 0 Å². The second kappa shape index (κ2) is 14.8. The lowest BCUT2D eigenvalue weighted by Crippen LogP contribution is -2.53. The monoisotopic (exact) mass is 649 g/mol. The number of carbonyl (C=O) groups is 3. The molecule has 1 atom stereocenters. The van der Waals surface area contributed by atoms with Crippen LogP contribution in [0.3, 0.4) is 0 Å². The highest BCUT2D eigenvalue weighted by Crippen LogP contribution is 2.32. The number of para-hydroxylation sites is 1. The Kier molecular flexibility index (Phi) is 10.4. The Balaban J connectivity index is 1.10. The third-order valence-corrected chi connectivity index (χ3v) is 10.1. The number of piperidine rings is 2. The van der Waals surface area contributed by atoms with Crippen molar-refractivity contribution in [2.75, 3.05) is 71.5 Å². The third kappa shape index (κ3) is 7.59. The number of nitrogens with one attached hydrogen (secondary N) is 1. The van der Waals surface area contributed by atoms with Gasteiger partial charge in [0.05, 0.1) is 20.3 Å². The van der Waals surface area contributed by atoms with Gasteiger partial charge in [0.15, 0.2) is 17.6 Å². The number of phenols is 1. The highest BCUT2D eigenvalue weighted by molar-refractivity contribution is 5.91. The molecule has 4 aliphatic rings. The van der Waals surface area contributed by atoms with Gasteiger partial charge < -0.3 is 39.3 Å². The summed E-state index contributed by atoms with van der Waals surface area (Å²) in [6, 6.07) is 11.7. The minimum atomic E-state index is -1.02. The molecule has 2 aromatic rings. The Morgan fingerprint density at radius 1 is 0.957 bits per heavy atom. The summed E-state index contributed by atoms with van der Waals surface area (Å²) in [5.41, 5.74) is 3.32. The zero-order valence-corrected chi connectivity index (χ0v) is 27.5. The second-order valence-corrected chi connectivity index (χ2v) is 13.0. The lowest BCUT2D eigenvalue weighted by atomic mass is 10.00. The molecule has 0 unspecified atom stereocenters. The molecule has 6 rings (SSSR count). The predicted molar refractivity (Wildman–Crippen MR) is 176 cm³/mol. The Hall–Kier alpha value is -4.03. The molecule has 2 N–H and O–H groups in total. The number of hydrogen-bond donors (Lipinski definition) is 2. The van der Waals surface area contributed by atoms with Gasteiger partial charge in [0, 0.05) is 70.0 Å². The fraction of sp³-hybridized carbons (Fsp3) is 0.571. The average molecular weight is 650 g/mol. The van der Waals surface area contributed by atoms with Crippen molar-refractivity contribution in [2.45, 2.75) is 63.6 Å². The highest BCUT2D eigenvalue weighted by Gasteiger charge is 2.36. The SMILES string of the molecule is COc1cc(C[C@@H](OC(=O)N2CCC(N3CCc4ccccc4NC3=O)CC2)C(=O)N2CCC(N3CCOCC3)CC2)cc(C)c1O. The minimum Gasteiger partial charge on any atom is -0.504 e. The number of nitrogens with zero attached hydrogens (tertiary/aromatic N) is 4. The van der Waals surface area contributed by atoms with Crippen LogP contribution in [0.15, 0.2) is 36.4 Å². The predicted octanol–water partition coefficient (Wildman–Crippen LogP) is 3.63. The van der Waals surface area contributed by atoms with Crippen LogP contribution in [-0.2, 0) is 27.1 Å². The molecule has 12 nitrogen and oxygen atoms in total. The maximum Gasteiger partial charge on any atom is 0.410 e. The van der Waals surface area contributed by atoms with Crippen LogP contribution < -0.4 is 10.1 Å². The number of rotatable bonds is 7. The first-order valence-electron chi connectivity index (χ1n) is 16.9. The van der Waals surface area contributed by atoms with Gasteiger partial charge in [-0.15, -0.1) is 0 Å². The zero-order valence-electron chi connectivity index (χ0n) is 27.5. The molecule has 3 fully saturated rings. The molecule has 4 aliphatic heterocycles. The third-order valence-electron chi connectivity index (χ3n) is 10.1. The van der Waals surface area contributed by atoms with E-state index in [1.165, 1.54) is 7.11 Å². The van der Waals surface area contributed by atoms with Gasteiger partial charge in [-0.05, 0) is 67.9 Å². The topological polar surface area (TPSA) is 124 Å². The van der Waals surface area contributed by atoms with E-state index in [2.05, 4.69) is 10.2 Å². The average Bonchev–Trinajstić information content (AvgIpc) is 3.27. The van der Waals surface area contributed by atoms with Crippen LogP contribution in [0.5, 0.6) is 11.5 Å². The van der Waals surface area contributed by atoms with Gasteiger partial charge in [0.25, 0.3) is 5.91 Å². The van der Waals surface area contributed by atoms with Crippen molar-refractivity contribution in [2.24, 2.45) is 0 Å². The molecule has 12 heteroatoms. The van der Waals surface area contributed by atoms with E-state index < -0.39 is 12.2 Å². The second-order valence-electron chi connectivity index (χ2n) is 13.0. The molecule has 0 aliphatic carbocycles. The van der Waals surface area contributed by atoms with Crippen molar-refractivity contribution in [3.8, 4) is 11.5 Å². The molecule has 0 bridgehead atoms. The first kappa shape index (κ1) is 32.9. The number of aryl methyl sites for hydroxylation is 1. The standard InChI is InChI=1S/C35H47N5O7/c1-24-21-25(22-30(45-2)32(24)41)23-31(33(42)38-12-8-27(9-13-38)37-17-19-46-20-18-37)47-35(44)39-14-10-28(11-15-39)40-16-7-26-5-3-4-6-29(26)36-34(40)43/h3-6,21-22,27-28,31,41H,7-20,23H2,1-2H3,(H,36,43)/t31-/m1/s1. The number of morpholine rings is 1. The van der Waals surface area contributed by atoms with Crippen LogP contribution in [0.2, 0.25) is 0 Å². The number of amides is 4. The summed E-state index contributed by atoms with van der Waals surface area (Å²) in [6.45, 7) is 7.74. The summed E-state index contributed by atoms with van der Waals surface area (Å²) >= 11 is 0. The van der Waals surface area contributed by atoms with E-state index in [9.17, 15) is 19.5 Å². The molecule has 4 amide bonds. The summed E-state index contributed by atoms with van der Waals surface area (Å²) in [5.74, 6) is 0.150. The molecule has 47 heavy (non-hydrogen) atoms. The minimum absolute atomic E-state index is 0.00555. The van der Waals surface area contributed by atoms with E-state index in [-0.39, 0.29) is 30.2 Å². The van der Waals surface area contributed by atoms with E-state index in [1.54, 1.807) is 24.0 Å². The molecular formula is C35H47N5O7. The number of anilines is 1. The number of hydrogen-bond acceptors (Lipinski definition) is 8. The molecule has 3 saturated heterocycles. The summed E-state index contributed by atoms with van der Waals surface area (Å²) < 4.78 is 16.9. The highest BCUT2D eigenvalue weighted by atomic mass is 16.6. The van der Waals surface area contributed by atoms with Crippen molar-refractivity contribution < 1.29 is 33.7 Å². The molecule has 0 aromatic heterocycles. The van der Waals surface area contributed by atoms with Gasteiger partial charge in [-0.1, -0.05) is 24.3 Å². The number of aromatic hydroxyl groups is 1. The molecule has 2 aromatic carbocycles. The maximum absolute atomic E-state index is 14.0. The Morgan fingerprint density at radius 3 is 2.36 bits per heavy atom. The van der Waals surface area contributed by atoms with Gasteiger partial charge in [0.2, 0.25) is 0 Å². The van der Waals surface area contributed by atoms with Gasteiger partial charge >= 0.3 is 12.1 Å². The summed E-state index contributed by atoms with van der Waals surface area (Å²) in [7, 11) is 1.48. The van der Waals surface area contributed by atoms with Crippen molar-refractivity contribution in [3.05, 3.63) is 53.1 Å². The number of fused-ring (bicyclic) bond motifs is 1. The van der Waals surface area contributed by atoms with Crippen LogP contribution in [0.1, 0.15) is 42.4 Å². The maximum atomic E-state index is 14.0. The van der Waals surface area contributed by atoms with E-state index in [0.717, 1.165) is 62.4 Å². The lowest BCUT2D eigenvalue weighted by molar-refractivity contribution is -0.142. The van der Waals surface area contributed by atoms with Crippen molar-refractivity contribution in [1.82, 2.24) is 19.6 Å². The zero-order chi connectivity index (χ0) is 32.9. The van der Waals surface area contributed by atoms with Crippen LogP contribution >= 0.6 is 0 Å². The van der Waals surface area contributed by atoms with Gasteiger partial charge in [-0.3, -0.25) is 9.69 Å². The first-order valence-corrected chi connectivity index (χ1v) is 16.9. The van der Waals surface area contributed by atoms with Crippen LogP contribution in [0.25, 0.3) is 0 Å². The van der Waals surface area contributed by atoms with E-state index in [1.807, 2.05) is 34.1 Å². The number of urea groups is 1. The fourth-order valence-electron chi connectivity index (χ4n) is 7.38. The molecule has 0 saturated carbocycles. The molecule has 0 radical (unpaired) electrons. The largest absolute Gasteiger partial charge is 0.504 e. The number of likely N-dealkylation sites (tertiary alicyclic amines) is 2. The van der Waals surface area contributed by atoms with Crippen molar-refractivity contribution in [1.29, 1.82) is 0 Å². The first-order chi connectivity index (χ1) is 22.8. The van der Waals surface area contributed by atoms with E-state index in [4.69, 9.17) is 14.2 Å². The van der Waals surface area contributed by atoms with Gasteiger partial charge in [-0.2, -0.15) is 0 Å².